The Morgan fingerprint density at radius 1 is 1.27 bits per heavy atom. The monoisotopic (exact) mass is 330 g/mol. The van der Waals surface area contributed by atoms with Crippen molar-refractivity contribution < 1.29 is 4.74 Å². The van der Waals surface area contributed by atoms with Gasteiger partial charge in [-0.1, -0.05) is 11.6 Å². The molecule has 0 saturated heterocycles. The molecule has 1 aromatic carbocycles. The van der Waals surface area contributed by atoms with Gasteiger partial charge < -0.3 is 15.5 Å². The second-order valence-electron chi connectivity index (χ2n) is 4.82. The number of hydrogen-bond donors (Lipinski definition) is 2. The average molecular weight is 331 g/mol. The normalized spacial score (nSPS) is 11.4. The van der Waals surface area contributed by atoms with Crippen LogP contribution in [0.5, 0.6) is 5.75 Å². The minimum Gasteiger partial charge on any atom is -0.495 e. The summed E-state index contributed by atoms with van der Waals surface area (Å²) in [6, 6.07) is 5.81. The molecule has 110 valence electrons. The molecule has 7 heteroatoms. The lowest BCUT2D eigenvalue weighted by molar-refractivity contribution is 0.420. The maximum Gasteiger partial charge on any atom is 0.143 e. The smallest absolute Gasteiger partial charge is 0.143 e. The number of anilines is 1. The first-order valence-electron chi connectivity index (χ1n) is 6.52. The van der Waals surface area contributed by atoms with Gasteiger partial charge in [-0.15, -0.1) is 11.3 Å². The zero-order valence-corrected chi connectivity index (χ0v) is 13.1. The number of halogens is 1. The van der Waals surface area contributed by atoms with Crippen LogP contribution in [0, 0.1) is 0 Å². The van der Waals surface area contributed by atoms with Gasteiger partial charge in [-0.3, -0.25) is 0 Å². The van der Waals surface area contributed by atoms with Gasteiger partial charge >= 0.3 is 0 Å². The molecule has 0 saturated carbocycles. The van der Waals surface area contributed by atoms with Gasteiger partial charge in [0.05, 0.1) is 17.2 Å². The number of rotatable bonds is 2. The number of aromatic nitrogens is 3. The van der Waals surface area contributed by atoms with E-state index >= 15 is 0 Å². The number of nitrogen functional groups attached to an aromatic ring is 1. The number of ether oxygens (including phenoxy) is 1. The lowest BCUT2D eigenvalue weighted by Crippen LogP contribution is -1.91. The molecule has 0 aliphatic heterocycles. The molecule has 3 heterocycles. The van der Waals surface area contributed by atoms with Gasteiger partial charge in [0.25, 0.3) is 0 Å². The molecule has 0 atom stereocenters. The molecule has 0 bridgehead atoms. The van der Waals surface area contributed by atoms with Crippen molar-refractivity contribution in [1.29, 1.82) is 0 Å². The Morgan fingerprint density at radius 2 is 2.14 bits per heavy atom. The van der Waals surface area contributed by atoms with Gasteiger partial charge in [-0.05, 0) is 17.5 Å². The number of nitrogens with one attached hydrogen (secondary N) is 1. The Bertz CT molecular complexity index is 1010. The molecule has 0 spiro atoms. The SMILES string of the molecule is COc1cc(Cl)cc2cc(-c3c[nH]c4ncnc(N)c34)sc12. The second kappa shape index (κ2) is 4.86. The van der Waals surface area contributed by atoms with Crippen LogP contribution in [0.25, 0.3) is 31.6 Å². The number of benzene rings is 1. The molecule has 4 rings (SSSR count). The van der Waals surface area contributed by atoms with Crippen molar-refractivity contribution in [3.63, 3.8) is 0 Å². The number of thiophene rings is 1. The minimum atomic E-state index is 0.462. The second-order valence-corrected chi connectivity index (χ2v) is 6.31. The first-order valence-corrected chi connectivity index (χ1v) is 7.72. The highest BCUT2D eigenvalue weighted by Gasteiger charge is 2.15. The number of methoxy groups -OCH3 is 1. The highest BCUT2D eigenvalue weighted by molar-refractivity contribution is 7.22. The number of nitrogens with zero attached hydrogens (tertiary/aromatic N) is 2. The first kappa shape index (κ1) is 13.4. The average Bonchev–Trinajstić information content (AvgIpc) is 3.10. The minimum absolute atomic E-state index is 0.462. The van der Waals surface area contributed by atoms with E-state index in [2.05, 4.69) is 21.0 Å². The molecule has 3 N–H and O–H groups in total. The topological polar surface area (TPSA) is 76.8 Å². The number of hydrogen-bond acceptors (Lipinski definition) is 5. The summed E-state index contributed by atoms with van der Waals surface area (Å²) < 4.78 is 6.47. The zero-order valence-electron chi connectivity index (χ0n) is 11.6. The van der Waals surface area contributed by atoms with Crippen LogP contribution in [0.15, 0.2) is 30.7 Å². The van der Waals surface area contributed by atoms with Gasteiger partial charge in [0.1, 0.15) is 23.5 Å². The van der Waals surface area contributed by atoms with Crippen LogP contribution in [-0.4, -0.2) is 22.1 Å². The summed E-state index contributed by atoms with van der Waals surface area (Å²) >= 11 is 7.76. The van der Waals surface area contributed by atoms with Crippen LogP contribution in [-0.2, 0) is 0 Å². The Morgan fingerprint density at radius 3 is 2.95 bits per heavy atom. The van der Waals surface area contributed by atoms with Crippen LogP contribution in [0.2, 0.25) is 5.02 Å². The molecular weight excluding hydrogens is 320 g/mol. The molecule has 0 unspecified atom stereocenters. The molecule has 0 fully saturated rings. The molecule has 4 aromatic rings. The van der Waals surface area contributed by atoms with Crippen molar-refractivity contribution in [2.45, 2.75) is 0 Å². The molecule has 0 amide bonds. The fraction of sp³-hybridized carbons (Fsp3) is 0.0667. The van der Waals surface area contributed by atoms with E-state index in [-0.39, 0.29) is 0 Å². The lowest BCUT2D eigenvalue weighted by Gasteiger charge is -2.01. The molecular formula is C15H11ClN4OS. The highest BCUT2D eigenvalue weighted by Crippen LogP contribution is 2.42. The lowest BCUT2D eigenvalue weighted by atomic mass is 10.1. The standard InChI is InChI=1S/C15H11ClN4OS/c1-21-10-4-8(16)2-7-3-11(22-13(7)10)9-5-18-15-12(9)14(17)19-6-20-15/h2-6H,1H3,(H3,17,18,19,20). The summed E-state index contributed by atoms with van der Waals surface area (Å²) in [4.78, 5) is 12.5. The summed E-state index contributed by atoms with van der Waals surface area (Å²) in [6.45, 7) is 0. The Kier molecular flexibility index (Phi) is 2.95. The number of aromatic amines is 1. The molecule has 0 aliphatic carbocycles. The van der Waals surface area contributed by atoms with Crippen LogP contribution in [0.3, 0.4) is 0 Å². The predicted molar refractivity (Wildman–Crippen MR) is 90.7 cm³/mol. The van der Waals surface area contributed by atoms with E-state index in [1.54, 1.807) is 18.4 Å². The molecule has 0 aliphatic rings. The Labute approximate surface area is 134 Å². The van der Waals surface area contributed by atoms with Crippen molar-refractivity contribution >= 4 is 49.9 Å². The maximum atomic E-state index is 6.14. The third kappa shape index (κ3) is 1.92. The summed E-state index contributed by atoms with van der Waals surface area (Å²) in [6.07, 6.45) is 3.35. The zero-order chi connectivity index (χ0) is 15.3. The maximum absolute atomic E-state index is 6.14. The largest absolute Gasteiger partial charge is 0.495 e. The molecule has 0 radical (unpaired) electrons. The molecule has 5 nitrogen and oxygen atoms in total. The van der Waals surface area contributed by atoms with Gasteiger partial charge in [0, 0.05) is 27.7 Å². The fourth-order valence-corrected chi connectivity index (χ4v) is 3.92. The van der Waals surface area contributed by atoms with Crippen LogP contribution in [0.4, 0.5) is 5.82 Å². The van der Waals surface area contributed by atoms with Crippen molar-refractivity contribution in [1.82, 2.24) is 15.0 Å². The van der Waals surface area contributed by atoms with Crippen molar-refractivity contribution in [3.8, 4) is 16.2 Å². The van der Waals surface area contributed by atoms with E-state index in [1.807, 2.05) is 18.3 Å². The van der Waals surface area contributed by atoms with Crippen molar-refractivity contribution in [3.05, 3.63) is 35.7 Å². The fourth-order valence-electron chi connectivity index (χ4n) is 2.55. The van der Waals surface area contributed by atoms with Crippen LogP contribution < -0.4 is 10.5 Å². The molecule has 3 aromatic heterocycles. The number of fused-ring (bicyclic) bond motifs is 2. The summed E-state index contributed by atoms with van der Waals surface area (Å²) in [5.41, 5.74) is 7.71. The highest BCUT2D eigenvalue weighted by atomic mass is 35.5. The Balaban J connectivity index is 2.01. The van der Waals surface area contributed by atoms with E-state index in [4.69, 9.17) is 22.1 Å². The summed E-state index contributed by atoms with van der Waals surface area (Å²) in [7, 11) is 1.64. The first-order chi connectivity index (χ1) is 10.7. The van der Waals surface area contributed by atoms with Crippen molar-refractivity contribution in [2.24, 2.45) is 0 Å². The quantitative estimate of drug-likeness (QED) is 0.580. The van der Waals surface area contributed by atoms with E-state index in [0.717, 1.165) is 37.3 Å². The van der Waals surface area contributed by atoms with E-state index in [0.29, 0.717) is 10.8 Å². The Hall–Kier alpha value is -2.31. The molecule has 22 heavy (non-hydrogen) atoms. The van der Waals surface area contributed by atoms with Crippen molar-refractivity contribution in [2.75, 3.05) is 12.8 Å². The van der Waals surface area contributed by atoms with Crippen LogP contribution in [0.1, 0.15) is 0 Å². The van der Waals surface area contributed by atoms with Gasteiger partial charge in [-0.2, -0.15) is 0 Å². The van der Waals surface area contributed by atoms with Gasteiger partial charge in [0.2, 0.25) is 0 Å². The van der Waals surface area contributed by atoms with Crippen LogP contribution >= 0.6 is 22.9 Å². The van der Waals surface area contributed by atoms with E-state index in [1.165, 1.54) is 6.33 Å². The van der Waals surface area contributed by atoms with Gasteiger partial charge in [0.15, 0.2) is 0 Å². The van der Waals surface area contributed by atoms with E-state index in [9.17, 15) is 0 Å². The van der Waals surface area contributed by atoms with E-state index < -0.39 is 0 Å². The predicted octanol–water partition coefficient (Wildman–Crippen LogP) is 4.08. The van der Waals surface area contributed by atoms with Gasteiger partial charge in [-0.25, -0.2) is 9.97 Å². The third-order valence-corrected chi connectivity index (χ3v) is 4.95. The number of H-pyrrole nitrogens is 1. The third-order valence-electron chi connectivity index (χ3n) is 3.53. The number of nitrogens with two attached hydrogens (primary N) is 1. The summed E-state index contributed by atoms with van der Waals surface area (Å²) in [5, 5.41) is 2.52. The summed E-state index contributed by atoms with van der Waals surface area (Å²) in [5.74, 6) is 1.23.